The lowest BCUT2D eigenvalue weighted by Crippen LogP contribution is -2.39. The maximum absolute atomic E-state index is 13.3. The van der Waals surface area contributed by atoms with Gasteiger partial charge in [0.1, 0.15) is 10.6 Å². The zero-order chi connectivity index (χ0) is 22.2. The molecule has 0 radical (unpaired) electrons. The molecule has 1 aromatic carbocycles. The molecule has 1 amide bonds. The molecule has 7 nitrogen and oxygen atoms in total. The molecule has 1 aliphatic rings. The Balaban J connectivity index is 1.33. The quantitative estimate of drug-likeness (QED) is 0.474. The number of benzene rings is 1. The molecule has 1 N–H and O–H groups in total. The molecular formula is C23H21ClN4O3S. The van der Waals surface area contributed by atoms with E-state index in [4.69, 9.17) is 16.0 Å². The molecule has 0 aliphatic carbocycles. The lowest BCUT2D eigenvalue weighted by molar-refractivity contribution is 0.0702. The largest absolute Gasteiger partial charge is 0.445 e. The molecule has 4 heterocycles. The van der Waals surface area contributed by atoms with Crippen LogP contribution in [0.5, 0.6) is 0 Å². The van der Waals surface area contributed by atoms with Crippen molar-refractivity contribution in [3.05, 3.63) is 79.8 Å². The monoisotopic (exact) mass is 468 g/mol. The Morgan fingerprint density at radius 3 is 2.91 bits per heavy atom. The highest BCUT2D eigenvalue weighted by atomic mass is 35.5. The Bertz CT molecular complexity index is 1340. The fraction of sp³-hybridized carbons (Fsp3) is 0.304. The van der Waals surface area contributed by atoms with Gasteiger partial charge >= 0.3 is 0 Å². The van der Waals surface area contributed by atoms with E-state index in [0.29, 0.717) is 51.1 Å². The summed E-state index contributed by atoms with van der Waals surface area (Å²) in [5.74, 6) is 1.43. The second-order valence-corrected chi connectivity index (χ2v) is 9.46. The van der Waals surface area contributed by atoms with Crippen LogP contribution >= 0.6 is 22.9 Å². The summed E-state index contributed by atoms with van der Waals surface area (Å²) < 4.78 is 6.04. The Morgan fingerprint density at radius 2 is 2.12 bits per heavy atom. The molecular weight excluding hydrogens is 448 g/mol. The van der Waals surface area contributed by atoms with Crippen molar-refractivity contribution in [2.24, 2.45) is 0 Å². The number of aryl methyl sites for hydroxylation is 1. The lowest BCUT2D eigenvalue weighted by Gasteiger charge is -2.31. The summed E-state index contributed by atoms with van der Waals surface area (Å²) in [6.45, 7) is 3.02. The van der Waals surface area contributed by atoms with Crippen molar-refractivity contribution in [3.8, 4) is 0 Å². The first-order valence-electron chi connectivity index (χ1n) is 10.4. The number of halogens is 1. The number of aromatic nitrogens is 3. The first kappa shape index (κ1) is 20.9. The Hall–Kier alpha value is -2.97. The number of hydrogen-bond acceptors (Lipinski definition) is 6. The molecule has 9 heteroatoms. The second-order valence-electron chi connectivity index (χ2n) is 8.03. The highest BCUT2D eigenvalue weighted by molar-refractivity contribution is 7.20. The predicted octanol–water partition coefficient (Wildman–Crippen LogP) is 4.55. The van der Waals surface area contributed by atoms with Crippen LogP contribution in [0, 0.1) is 6.92 Å². The number of nitrogens with zero attached hydrogens (tertiary/aromatic N) is 3. The van der Waals surface area contributed by atoms with Crippen molar-refractivity contribution in [1.29, 1.82) is 0 Å². The average Bonchev–Trinajstić information content (AvgIpc) is 3.40. The number of oxazole rings is 1. The minimum Gasteiger partial charge on any atom is -0.445 e. The number of H-pyrrole nitrogens is 1. The number of likely N-dealkylation sites (tertiary alicyclic amines) is 1. The molecule has 5 rings (SSSR count). The zero-order valence-electron chi connectivity index (χ0n) is 17.4. The molecule has 1 saturated heterocycles. The van der Waals surface area contributed by atoms with Crippen LogP contribution in [0.2, 0.25) is 5.02 Å². The maximum Gasteiger partial charge on any atom is 0.264 e. The van der Waals surface area contributed by atoms with Crippen LogP contribution in [0.4, 0.5) is 0 Å². The molecule has 1 aliphatic heterocycles. The van der Waals surface area contributed by atoms with Crippen molar-refractivity contribution in [3.63, 3.8) is 0 Å². The number of nitrogens with one attached hydrogen (secondary N) is 1. The van der Waals surface area contributed by atoms with Crippen LogP contribution in [0.1, 0.15) is 51.2 Å². The molecule has 3 aromatic heterocycles. The minimum atomic E-state index is -0.215. The third-order valence-corrected chi connectivity index (χ3v) is 7.29. The van der Waals surface area contributed by atoms with Crippen molar-refractivity contribution in [1.82, 2.24) is 19.9 Å². The van der Waals surface area contributed by atoms with Crippen LogP contribution < -0.4 is 5.56 Å². The Morgan fingerprint density at radius 1 is 1.31 bits per heavy atom. The van der Waals surface area contributed by atoms with Gasteiger partial charge < -0.3 is 14.3 Å². The molecule has 32 heavy (non-hydrogen) atoms. The summed E-state index contributed by atoms with van der Waals surface area (Å²) >= 11 is 7.23. The van der Waals surface area contributed by atoms with Crippen molar-refractivity contribution in [2.75, 3.05) is 13.1 Å². The fourth-order valence-corrected chi connectivity index (χ4v) is 5.43. The first-order valence-corrected chi connectivity index (χ1v) is 11.6. The molecule has 0 bridgehead atoms. The van der Waals surface area contributed by atoms with Crippen LogP contribution in [0.25, 0.3) is 10.2 Å². The van der Waals surface area contributed by atoms with Gasteiger partial charge in [0.15, 0.2) is 5.89 Å². The van der Waals surface area contributed by atoms with E-state index in [-0.39, 0.29) is 17.4 Å². The Kier molecular flexibility index (Phi) is 5.57. The van der Waals surface area contributed by atoms with E-state index in [2.05, 4.69) is 15.0 Å². The number of thiophene rings is 1. The number of aromatic amines is 1. The highest BCUT2D eigenvalue weighted by Crippen LogP contribution is 2.32. The van der Waals surface area contributed by atoms with Crippen LogP contribution in [0.3, 0.4) is 0 Å². The van der Waals surface area contributed by atoms with E-state index in [1.54, 1.807) is 6.20 Å². The van der Waals surface area contributed by atoms with E-state index in [0.717, 1.165) is 24.2 Å². The molecule has 0 unspecified atom stereocenters. The summed E-state index contributed by atoms with van der Waals surface area (Å²) in [6, 6.07) is 7.66. The average molecular weight is 469 g/mol. The second kappa shape index (κ2) is 8.52. The third kappa shape index (κ3) is 3.96. The molecule has 1 atom stereocenters. The topological polar surface area (TPSA) is 92.1 Å². The van der Waals surface area contributed by atoms with E-state index in [1.807, 2.05) is 36.1 Å². The number of piperidine rings is 1. The first-order chi connectivity index (χ1) is 15.5. The highest BCUT2D eigenvalue weighted by Gasteiger charge is 2.30. The van der Waals surface area contributed by atoms with Crippen molar-refractivity contribution in [2.45, 2.75) is 32.1 Å². The molecule has 4 aromatic rings. The number of carbonyl (C=O) groups excluding carboxylic acids is 1. The number of fused-ring (bicyclic) bond motifs is 1. The van der Waals surface area contributed by atoms with Gasteiger partial charge in [-0.3, -0.25) is 9.59 Å². The number of amides is 1. The van der Waals surface area contributed by atoms with Gasteiger partial charge in [0.25, 0.3) is 11.5 Å². The van der Waals surface area contributed by atoms with E-state index >= 15 is 0 Å². The van der Waals surface area contributed by atoms with Gasteiger partial charge in [-0.15, -0.1) is 11.3 Å². The maximum atomic E-state index is 13.3. The standard InChI is InChI=1S/C23H21ClN4O3S/c1-13-18-20(29)26-12-27-22(18)32-19(13)23(30)28-8-2-3-15(11-28)21-25-10-17(31-21)9-14-4-6-16(24)7-5-14/h4-7,10,12,15H,2-3,8-9,11H2,1H3,(H,26,27,29)/t15-/m0/s1. The number of carbonyl (C=O) groups is 1. The lowest BCUT2D eigenvalue weighted by atomic mass is 9.97. The van der Waals surface area contributed by atoms with Gasteiger partial charge in [0, 0.05) is 24.5 Å². The van der Waals surface area contributed by atoms with Gasteiger partial charge in [0.2, 0.25) is 0 Å². The summed E-state index contributed by atoms with van der Waals surface area (Å²) in [5, 5.41) is 1.20. The SMILES string of the molecule is Cc1c(C(=O)N2CCC[C@H](c3ncc(Cc4ccc(Cl)cc4)o3)C2)sc2nc[nH]c(=O)c12. The van der Waals surface area contributed by atoms with Crippen molar-refractivity contribution >= 4 is 39.1 Å². The zero-order valence-corrected chi connectivity index (χ0v) is 19.0. The summed E-state index contributed by atoms with van der Waals surface area (Å²) in [4.78, 5) is 39.7. The predicted molar refractivity (Wildman–Crippen MR) is 124 cm³/mol. The summed E-state index contributed by atoms with van der Waals surface area (Å²) in [5.41, 5.74) is 1.57. The van der Waals surface area contributed by atoms with Gasteiger partial charge in [-0.05, 0) is 43.0 Å². The Labute approximate surface area is 193 Å². The summed E-state index contributed by atoms with van der Waals surface area (Å²) in [7, 11) is 0. The van der Waals surface area contributed by atoms with Gasteiger partial charge in [-0.2, -0.15) is 0 Å². The van der Waals surface area contributed by atoms with Crippen LogP contribution in [0.15, 0.2) is 46.0 Å². The molecule has 0 spiro atoms. The number of rotatable bonds is 4. The normalized spacial score (nSPS) is 16.6. The molecule has 1 fully saturated rings. The van der Waals surface area contributed by atoms with Gasteiger partial charge in [-0.25, -0.2) is 9.97 Å². The smallest absolute Gasteiger partial charge is 0.264 e. The van der Waals surface area contributed by atoms with E-state index < -0.39 is 0 Å². The third-order valence-electron chi connectivity index (χ3n) is 5.85. The van der Waals surface area contributed by atoms with Crippen LogP contribution in [-0.4, -0.2) is 38.8 Å². The molecule has 0 saturated carbocycles. The fourth-order valence-electron chi connectivity index (χ4n) is 4.19. The minimum absolute atomic E-state index is 0.0443. The van der Waals surface area contributed by atoms with E-state index in [9.17, 15) is 9.59 Å². The number of hydrogen-bond donors (Lipinski definition) is 1. The summed E-state index contributed by atoms with van der Waals surface area (Å²) in [6.07, 6.45) is 5.56. The molecule has 164 valence electrons. The van der Waals surface area contributed by atoms with Gasteiger partial charge in [0.05, 0.1) is 28.7 Å². The van der Waals surface area contributed by atoms with Crippen LogP contribution in [-0.2, 0) is 6.42 Å². The van der Waals surface area contributed by atoms with E-state index in [1.165, 1.54) is 17.7 Å². The van der Waals surface area contributed by atoms with Gasteiger partial charge in [-0.1, -0.05) is 23.7 Å². The van der Waals surface area contributed by atoms with Crippen molar-refractivity contribution < 1.29 is 9.21 Å².